The topological polar surface area (TPSA) is 3.24 Å². The summed E-state index contributed by atoms with van der Waals surface area (Å²) >= 11 is 0. The first kappa shape index (κ1) is 20.5. The van der Waals surface area contributed by atoms with Gasteiger partial charge in [0.1, 0.15) is 0 Å². The summed E-state index contributed by atoms with van der Waals surface area (Å²) in [5, 5.41) is 0. The van der Waals surface area contributed by atoms with Gasteiger partial charge < -0.3 is 4.90 Å². The van der Waals surface area contributed by atoms with Crippen molar-refractivity contribution in [3.05, 3.63) is 139 Å². The quantitative estimate of drug-likeness (QED) is 0.271. The third-order valence-electron chi connectivity index (χ3n) is 7.07. The molecule has 0 aliphatic heterocycles. The second kappa shape index (κ2) is 8.04. The van der Waals surface area contributed by atoms with Gasteiger partial charge >= 0.3 is 0 Å². The summed E-state index contributed by atoms with van der Waals surface area (Å²) in [6.07, 6.45) is 0. The van der Waals surface area contributed by atoms with E-state index in [-0.39, 0.29) is 5.41 Å². The highest BCUT2D eigenvalue weighted by Crippen LogP contribution is 2.49. The van der Waals surface area contributed by atoms with E-state index < -0.39 is 0 Å². The molecule has 0 bridgehead atoms. The minimum Gasteiger partial charge on any atom is -0.311 e. The first-order chi connectivity index (χ1) is 16.6. The molecule has 6 rings (SSSR count). The molecule has 0 atom stereocenters. The largest absolute Gasteiger partial charge is 0.311 e. The van der Waals surface area contributed by atoms with E-state index in [1.807, 2.05) is 0 Å². The number of hydrogen-bond donors (Lipinski definition) is 0. The van der Waals surface area contributed by atoms with Crippen LogP contribution in [0.5, 0.6) is 0 Å². The number of para-hydroxylation sites is 2. The van der Waals surface area contributed by atoms with Gasteiger partial charge in [-0.2, -0.15) is 0 Å². The molecule has 5 aromatic carbocycles. The third kappa shape index (κ3) is 3.33. The lowest BCUT2D eigenvalue weighted by molar-refractivity contribution is 0.660. The predicted molar refractivity (Wildman–Crippen MR) is 144 cm³/mol. The van der Waals surface area contributed by atoms with Gasteiger partial charge in [-0.05, 0) is 75.8 Å². The van der Waals surface area contributed by atoms with Crippen LogP contribution in [0.1, 0.15) is 25.0 Å². The van der Waals surface area contributed by atoms with Gasteiger partial charge in [0.05, 0.1) is 0 Å². The lowest BCUT2D eigenvalue weighted by Gasteiger charge is -2.25. The van der Waals surface area contributed by atoms with E-state index >= 15 is 0 Å². The Labute approximate surface area is 202 Å². The molecule has 0 unspecified atom stereocenters. The lowest BCUT2D eigenvalue weighted by atomic mass is 9.81. The van der Waals surface area contributed by atoms with Gasteiger partial charge in [-0.15, -0.1) is 0 Å². The van der Waals surface area contributed by atoms with Crippen LogP contribution in [0, 0.1) is 0 Å². The maximum Gasteiger partial charge on any atom is 0.0462 e. The number of rotatable bonds is 4. The van der Waals surface area contributed by atoms with Crippen LogP contribution in [0.25, 0.3) is 22.3 Å². The molecule has 1 aliphatic rings. The first-order valence-electron chi connectivity index (χ1n) is 11.9. The zero-order valence-corrected chi connectivity index (χ0v) is 19.6. The molecule has 34 heavy (non-hydrogen) atoms. The molecular weight excluding hydrogens is 410 g/mol. The highest BCUT2D eigenvalue weighted by Gasteiger charge is 2.35. The van der Waals surface area contributed by atoms with E-state index in [4.69, 9.17) is 0 Å². The van der Waals surface area contributed by atoms with Crippen molar-refractivity contribution < 1.29 is 0 Å². The van der Waals surface area contributed by atoms with Crippen molar-refractivity contribution in [2.75, 3.05) is 4.90 Å². The third-order valence-corrected chi connectivity index (χ3v) is 7.07. The molecule has 1 nitrogen and oxygen atoms in total. The van der Waals surface area contributed by atoms with E-state index in [0.29, 0.717) is 0 Å². The Morgan fingerprint density at radius 3 is 1.59 bits per heavy atom. The predicted octanol–water partition coefficient (Wildman–Crippen LogP) is 9.13. The van der Waals surface area contributed by atoms with Crippen molar-refractivity contribution in [3.8, 4) is 22.3 Å². The Kier molecular flexibility index (Phi) is 4.85. The molecule has 164 valence electrons. The molecule has 0 radical (unpaired) electrons. The van der Waals surface area contributed by atoms with Crippen LogP contribution in [0.4, 0.5) is 17.1 Å². The van der Waals surface area contributed by atoms with Gasteiger partial charge in [0.15, 0.2) is 0 Å². The Balaban J connectivity index is 1.39. The van der Waals surface area contributed by atoms with Gasteiger partial charge in [-0.25, -0.2) is 0 Å². The van der Waals surface area contributed by atoms with Crippen molar-refractivity contribution in [2.24, 2.45) is 0 Å². The minimum absolute atomic E-state index is 0.0132. The summed E-state index contributed by atoms with van der Waals surface area (Å²) in [6.45, 7) is 4.67. The maximum atomic E-state index is 2.39. The monoisotopic (exact) mass is 437 g/mol. The number of nitrogens with zero attached hydrogens (tertiary/aromatic N) is 1. The van der Waals surface area contributed by atoms with Crippen LogP contribution in [0.15, 0.2) is 127 Å². The SMILES string of the molecule is CC1(C)c2ccccc2-c2ccc(-c3ccc(N(c4ccccc4)c4ccccc4)cc3)cc21. The van der Waals surface area contributed by atoms with Crippen LogP contribution >= 0.6 is 0 Å². The first-order valence-corrected chi connectivity index (χ1v) is 11.9. The zero-order chi connectivity index (χ0) is 23.1. The van der Waals surface area contributed by atoms with Crippen molar-refractivity contribution in [1.29, 1.82) is 0 Å². The normalized spacial score (nSPS) is 13.2. The lowest BCUT2D eigenvalue weighted by Crippen LogP contribution is -2.14. The highest BCUT2D eigenvalue weighted by molar-refractivity contribution is 5.84. The standard InChI is InChI=1S/C33H27N/c1-33(2)31-16-10-9-15-29(31)30-22-19-25(23-32(30)33)24-17-20-28(21-18-24)34(26-11-5-3-6-12-26)27-13-7-4-8-14-27/h3-23H,1-2H3. The molecule has 0 saturated heterocycles. The summed E-state index contributed by atoms with van der Waals surface area (Å²) in [7, 11) is 0. The summed E-state index contributed by atoms with van der Waals surface area (Å²) < 4.78 is 0. The van der Waals surface area contributed by atoms with Gasteiger partial charge in [0, 0.05) is 22.5 Å². The molecule has 1 aliphatic carbocycles. The van der Waals surface area contributed by atoms with Gasteiger partial charge in [-0.3, -0.25) is 0 Å². The summed E-state index contributed by atoms with van der Waals surface area (Å²) in [4.78, 5) is 2.30. The molecule has 0 fully saturated rings. The number of benzene rings is 5. The second-order valence-corrected chi connectivity index (χ2v) is 9.48. The van der Waals surface area contributed by atoms with Crippen LogP contribution in [0.2, 0.25) is 0 Å². The fourth-order valence-corrected chi connectivity index (χ4v) is 5.29. The van der Waals surface area contributed by atoms with Crippen molar-refractivity contribution >= 4 is 17.1 Å². The minimum atomic E-state index is 0.0132. The van der Waals surface area contributed by atoms with Crippen molar-refractivity contribution in [2.45, 2.75) is 19.3 Å². The Morgan fingerprint density at radius 2 is 0.941 bits per heavy atom. The Hall–Kier alpha value is -4.10. The molecule has 0 saturated carbocycles. The number of anilines is 3. The molecule has 5 aromatic rings. The second-order valence-electron chi connectivity index (χ2n) is 9.48. The fraction of sp³-hybridized carbons (Fsp3) is 0.0909. The number of fused-ring (bicyclic) bond motifs is 3. The summed E-state index contributed by atoms with van der Waals surface area (Å²) in [5.74, 6) is 0. The van der Waals surface area contributed by atoms with Crippen LogP contribution in [-0.2, 0) is 5.41 Å². The molecule has 0 heterocycles. The molecular formula is C33H27N. The molecule has 1 heteroatoms. The van der Waals surface area contributed by atoms with Crippen LogP contribution in [-0.4, -0.2) is 0 Å². The summed E-state index contributed by atoms with van der Waals surface area (Å²) in [6, 6.07) is 45.8. The number of hydrogen-bond acceptors (Lipinski definition) is 1. The van der Waals surface area contributed by atoms with E-state index in [0.717, 1.165) is 17.1 Å². The Morgan fingerprint density at radius 1 is 0.441 bits per heavy atom. The van der Waals surface area contributed by atoms with Crippen molar-refractivity contribution in [1.82, 2.24) is 0 Å². The zero-order valence-electron chi connectivity index (χ0n) is 19.6. The van der Waals surface area contributed by atoms with E-state index in [9.17, 15) is 0 Å². The average molecular weight is 438 g/mol. The fourth-order valence-electron chi connectivity index (χ4n) is 5.29. The van der Waals surface area contributed by atoms with Crippen LogP contribution in [0.3, 0.4) is 0 Å². The average Bonchev–Trinajstić information content (AvgIpc) is 3.12. The maximum absolute atomic E-state index is 2.39. The van der Waals surface area contributed by atoms with Crippen molar-refractivity contribution in [3.63, 3.8) is 0 Å². The van der Waals surface area contributed by atoms with E-state index in [1.54, 1.807) is 0 Å². The van der Waals surface area contributed by atoms with Gasteiger partial charge in [-0.1, -0.05) is 98.8 Å². The van der Waals surface area contributed by atoms with E-state index in [2.05, 4.69) is 146 Å². The van der Waals surface area contributed by atoms with E-state index in [1.165, 1.54) is 33.4 Å². The molecule has 0 aromatic heterocycles. The molecule has 0 amide bonds. The molecule has 0 spiro atoms. The Bertz CT molecular complexity index is 1410. The molecule has 0 N–H and O–H groups in total. The summed E-state index contributed by atoms with van der Waals surface area (Å²) in [5.41, 5.74) is 11.5. The van der Waals surface area contributed by atoms with Gasteiger partial charge in [0.25, 0.3) is 0 Å². The highest BCUT2D eigenvalue weighted by atomic mass is 15.1. The smallest absolute Gasteiger partial charge is 0.0462 e. The van der Waals surface area contributed by atoms with Crippen LogP contribution < -0.4 is 4.90 Å². The van der Waals surface area contributed by atoms with Gasteiger partial charge in [0.2, 0.25) is 0 Å².